The second-order valence-corrected chi connectivity index (χ2v) is 5.10. The quantitative estimate of drug-likeness (QED) is 0.786. The number of methoxy groups -OCH3 is 1. The Morgan fingerprint density at radius 2 is 2.39 bits per heavy atom. The molecule has 3 nitrogen and oxygen atoms in total. The Bertz CT molecular complexity index is 471. The lowest BCUT2D eigenvalue weighted by molar-refractivity contribution is -0.108. The molecule has 0 saturated carbocycles. The topological polar surface area (TPSA) is 35.5 Å². The maximum atomic E-state index is 10.6. The smallest absolute Gasteiger partial charge is 0.166 e. The van der Waals surface area contributed by atoms with Crippen molar-refractivity contribution in [1.29, 1.82) is 0 Å². The summed E-state index contributed by atoms with van der Waals surface area (Å²) in [5.74, 6) is 1.54. The number of carbonyl (C=O) groups is 1. The molecule has 0 aliphatic carbocycles. The molecule has 2 atom stereocenters. The predicted molar refractivity (Wildman–Crippen MR) is 70.9 cm³/mol. The number of fused-ring (bicyclic) bond motifs is 1. The molecule has 0 fully saturated rings. The third-order valence-electron chi connectivity index (χ3n) is 3.31. The molecule has 1 aliphatic rings. The fourth-order valence-electron chi connectivity index (χ4n) is 2.32. The molecule has 1 aliphatic heterocycles. The lowest BCUT2D eigenvalue weighted by Crippen LogP contribution is -2.05. The van der Waals surface area contributed by atoms with Crippen LogP contribution in [0.2, 0.25) is 5.02 Å². The molecular weight excluding hydrogens is 252 g/mol. The van der Waals surface area contributed by atoms with E-state index in [1.807, 2.05) is 19.9 Å². The number of halogens is 1. The highest BCUT2D eigenvalue weighted by Gasteiger charge is 2.28. The highest BCUT2D eigenvalue weighted by atomic mass is 35.5. The summed E-state index contributed by atoms with van der Waals surface area (Å²) in [4.78, 5) is 10.6. The van der Waals surface area contributed by atoms with Gasteiger partial charge in [-0.05, 0) is 24.5 Å². The lowest BCUT2D eigenvalue weighted by Gasteiger charge is -2.16. The van der Waals surface area contributed by atoms with E-state index < -0.39 is 0 Å². The summed E-state index contributed by atoms with van der Waals surface area (Å²) in [5.41, 5.74) is 1.95. The third-order valence-corrected chi connectivity index (χ3v) is 3.76. The van der Waals surface area contributed by atoms with Crippen LogP contribution in [0.25, 0.3) is 0 Å². The second-order valence-electron chi connectivity index (χ2n) is 4.73. The largest absolute Gasteiger partial charge is 0.493 e. The molecular formula is C14H17ClO3. The number of rotatable bonds is 4. The van der Waals surface area contributed by atoms with E-state index in [1.165, 1.54) is 0 Å². The molecule has 0 bridgehead atoms. The standard InChI is InChI=1S/C14H17ClO3/c1-8(4-5-16)10-7-12(17-3)14-11(13(10)15)6-9(2)18-14/h5,7-9H,4,6H2,1-3H3. The summed E-state index contributed by atoms with van der Waals surface area (Å²) in [5, 5.41) is 0.713. The van der Waals surface area contributed by atoms with Crippen LogP contribution in [0.15, 0.2) is 6.07 Å². The Labute approximate surface area is 112 Å². The minimum absolute atomic E-state index is 0.0881. The average Bonchev–Trinajstić information content (AvgIpc) is 2.72. The molecule has 1 aromatic rings. The molecule has 98 valence electrons. The highest BCUT2D eigenvalue weighted by molar-refractivity contribution is 6.32. The van der Waals surface area contributed by atoms with Crippen LogP contribution in [0.5, 0.6) is 11.5 Å². The molecule has 4 heteroatoms. The van der Waals surface area contributed by atoms with Crippen LogP contribution in [0.1, 0.15) is 37.3 Å². The van der Waals surface area contributed by atoms with E-state index in [1.54, 1.807) is 7.11 Å². The number of benzene rings is 1. The number of ether oxygens (including phenoxy) is 2. The van der Waals surface area contributed by atoms with E-state index in [9.17, 15) is 4.79 Å². The maximum absolute atomic E-state index is 10.6. The second kappa shape index (κ2) is 5.19. The zero-order valence-corrected chi connectivity index (χ0v) is 11.6. The number of aldehydes is 1. The molecule has 0 radical (unpaired) electrons. The molecule has 2 rings (SSSR count). The van der Waals surface area contributed by atoms with Crippen molar-refractivity contribution >= 4 is 17.9 Å². The van der Waals surface area contributed by atoms with Gasteiger partial charge in [0, 0.05) is 18.4 Å². The van der Waals surface area contributed by atoms with Gasteiger partial charge in [-0.25, -0.2) is 0 Å². The zero-order valence-electron chi connectivity index (χ0n) is 10.8. The predicted octanol–water partition coefficient (Wildman–Crippen LogP) is 3.36. The first kappa shape index (κ1) is 13.2. The van der Waals surface area contributed by atoms with Crippen LogP contribution in [0.3, 0.4) is 0 Å². The summed E-state index contributed by atoms with van der Waals surface area (Å²) in [6.45, 7) is 3.99. The van der Waals surface area contributed by atoms with Crippen molar-refractivity contribution in [3.05, 3.63) is 22.2 Å². The molecule has 0 aromatic heterocycles. The van der Waals surface area contributed by atoms with E-state index in [4.69, 9.17) is 21.1 Å². The first-order chi connectivity index (χ1) is 8.58. The Hall–Kier alpha value is -1.22. The minimum Gasteiger partial charge on any atom is -0.493 e. The molecule has 18 heavy (non-hydrogen) atoms. The number of hydrogen-bond donors (Lipinski definition) is 0. The molecule has 1 aromatic carbocycles. The van der Waals surface area contributed by atoms with Gasteiger partial charge in [-0.3, -0.25) is 0 Å². The fraction of sp³-hybridized carbons (Fsp3) is 0.500. The van der Waals surface area contributed by atoms with Crippen LogP contribution in [-0.2, 0) is 11.2 Å². The van der Waals surface area contributed by atoms with E-state index in [-0.39, 0.29) is 12.0 Å². The number of carbonyl (C=O) groups excluding carboxylic acids is 1. The molecule has 2 unspecified atom stereocenters. The van der Waals surface area contributed by atoms with Crippen molar-refractivity contribution in [2.45, 2.75) is 38.7 Å². The van der Waals surface area contributed by atoms with Crippen molar-refractivity contribution in [1.82, 2.24) is 0 Å². The highest BCUT2D eigenvalue weighted by Crippen LogP contribution is 2.45. The zero-order chi connectivity index (χ0) is 13.3. The van der Waals surface area contributed by atoms with Crippen LogP contribution in [0, 0.1) is 0 Å². The lowest BCUT2D eigenvalue weighted by atomic mass is 9.95. The van der Waals surface area contributed by atoms with Gasteiger partial charge in [0.1, 0.15) is 12.4 Å². The summed E-state index contributed by atoms with van der Waals surface area (Å²) >= 11 is 6.43. The average molecular weight is 269 g/mol. The van der Waals surface area contributed by atoms with E-state index in [0.717, 1.165) is 29.6 Å². The van der Waals surface area contributed by atoms with Crippen LogP contribution in [0.4, 0.5) is 0 Å². The van der Waals surface area contributed by atoms with Crippen molar-refractivity contribution in [3.63, 3.8) is 0 Å². The summed E-state index contributed by atoms with van der Waals surface area (Å²) < 4.78 is 11.1. The third kappa shape index (κ3) is 2.19. The van der Waals surface area contributed by atoms with Gasteiger partial charge in [0.05, 0.1) is 12.1 Å². The van der Waals surface area contributed by atoms with E-state index in [0.29, 0.717) is 17.2 Å². The van der Waals surface area contributed by atoms with Gasteiger partial charge in [0.15, 0.2) is 11.5 Å². The maximum Gasteiger partial charge on any atom is 0.166 e. The fourth-order valence-corrected chi connectivity index (χ4v) is 2.72. The molecule has 0 saturated heterocycles. The van der Waals surface area contributed by atoms with Crippen LogP contribution >= 0.6 is 11.6 Å². The summed E-state index contributed by atoms with van der Waals surface area (Å²) in [6.07, 6.45) is 2.27. The Morgan fingerprint density at radius 1 is 1.67 bits per heavy atom. The van der Waals surface area contributed by atoms with Gasteiger partial charge in [0.25, 0.3) is 0 Å². The Balaban J connectivity index is 2.50. The van der Waals surface area contributed by atoms with E-state index >= 15 is 0 Å². The Kier molecular flexibility index (Phi) is 3.81. The molecule has 0 N–H and O–H groups in total. The Morgan fingerprint density at radius 3 is 3.00 bits per heavy atom. The first-order valence-electron chi connectivity index (χ1n) is 6.08. The van der Waals surface area contributed by atoms with Crippen molar-refractivity contribution in [3.8, 4) is 11.5 Å². The van der Waals surface area contributed by atoms with E-state index in [2.05, 4.69) is 0 Å². The minimum atomic E-state index is 0.0881. The summed E-state index contributed by atoms with van der Waals surface area (Å²) in [7, 11) is 1.62. The SMILES string of the molecule is COc1cc(C(C)CC=O)c(Cl)c2c1OC(C)C2. The monoisotopic (exact) mass is 268 g/mol. The van der Waals surface area contributed by atoms with Crippen LogP contribution in [-0.4, -0.2) is 19.5 Å². The summed E-state index contributed by atoms with van der Waals surface area (Å²) in [6, 6.07) is 1.88. The van der Waals surface area contributed by atoms with Gasteiger partial charge >= 0.3 is 0 Å². The van der Waals surface area contributed by atoms with Crippen LogP contribution < -0.4 is 9.47 Å². The van der Waals surface area contributed by atoms with Gasteiger partial charge < -0.3 is 14.3 Å². The molecule has 1 heterocycles. The normalized spacial score (nSPS) is 19.0. The van der Waals surface area contributed by atoms with Crippen molar-refractivity contribution in [2.75, 3.05) is 7.11 Å². The van der Waals surface area contributed by atoms with Crippen molar-refractivity contribution in [2.24, 2.45) is 0 Å². The van der Waals surface area contributed by atoms with Gasteiger partial charge in [-0.1, -0.05) is 18.5 Å². The van der Waals surface area contributed by atoms with Gasteiger partial charge in [-0.2, -0.15) is 0 Å². The number of hydrogen-bond acceptors (Lipinski definition) is 3. The van der Waals surface area contributed by atoms with Crippen molar-refractivity contribution < 1.29 is 14.3 Å². The molecule has 0 amide bonds. The van der Waals surface area contributed by atoms with Gasteiger partial charge in [0.2, 0.25) is 0 Å². The molecule has 0 spiro atoms. The van der Waals surface area contributed by atoms with Gasteiger partial charge in [-0.15, -0.1) is 0 Å². The first-order valence-corrected chi connectivity index (χ1v) is 6.45.